The van der Waals surface area contributed by atoms with Crippen LogP contribution in [0.3, 0.4) is 0 Å². The molecule has 0 spiro atoms. The first-order valence-electron chi connectivity index (χ1n) is 4.75. The molecule has 1 heterocycles. The van der Waals surface area contributed by atoms with E-state index in [1.165, 1.54) is 0 Å². The summed E-state index contributed by atoms with van der Waals surface area (Å²) < 4.78 is 5.47. The maximum absolute atomic E-state index is 11.7. The third-order valence-corrected chi connectivity index (χ3v) is 2.99. The number of amides is 1. The number of anilines is 1. The maximum atomic E-state index is 11.7. The van der Waals surface area contributed by atoms with Crippen LogP contribution in [0, 0.1) is 6.92 Å². The molecule has 0 saturated carbocycles. The first-order chi connectivity index (χ1) is 7.00. The minimum absolute atomic E-state index is 0.0378. The van der Waals surface area contributed by atoms with E-state index in [-0.39, 0.29) is 5.91 Å². The SMILES string of the molecule is Cc1cc2c(cc1Cl)OC(C)C(=O)N2C. The molecule has 1 aliphatic rings. The predicted octanol–water partition coefficient (Wildman–Crippen LogP) is 2.39. The van der Waals surface area contributed by atoms with Crippen molar-refractivity contribution in [2.24, 2.45) is 0 Å². The molecule has 15 heavy (non-hydrogen) atoms. The molecule has 0 aromatic heterocycles. The fraction of sp³-hybridized carbons (Fsp3) is 0.364. The number of hydrogen-bond acceptors (Lipinski definition) is 2. The molecule has 1 aromatic rings. The molecule has 1 aromatic carbocycles. The Morgan fingerprint density at radius 3 is 2.80 bits per heavy atom. The quantitative estimate of drug-likeness (QED) is 0.679. The highest BCUT2D eigenvalue weighted by molar-refractivity contribution is 6.31. The number of hydrogen-bond donors (Lipinski definition) is 0. The highest BCUT2D eigenvalue weighted by atomic mass is 35.5. The van der Waals surface area contributed by atoms with Crippen LogP contribution in [0.4, 0.5) is 5.69 Å². The molecule has 0 bridgehead atoms. The lowest BCUT2D eigenvalue weighted by molar-refractivity contribution is -0.125. The third-order valence-electron chi connectivity index (χ3n) is 2.58. The van der Waals surface area contributed by atoms with E-state index in [4.69, 9.17) is 16.3 Å². The molecule has 2 rings (SSSR count). The van der Waals surface area contributed by atoms with Crippen LogP contribution in [0.1, 0.15) is 12.5 Å². The predicted molar refractivity (Wildman–Crippen MR) is 59.7 cm³/mol. The summed E-state index contributed by atoms with van der Waals surface area (Å²) in [6.07, 6.45) is -0.443. The van der Waals surface area contributed by atoms with Crippen molar-refractivity contribution in [3.05, 3.63) is 22.7 Å². The number of carbonyl (C=O) groups excluding carboxylic acids is 1. The van der Waals surface area contributed by atoms with Crippen molar-refractivity contribution in [1.82, 2.24) is 0 Å². The zero-order valence-electron chi connectivity index (χ0n) is 8.87. The lowest BCUT2D eigenvalue weighted by Crippen LogP contribution is -2.42. The first-order valence-corrected chi connectivity index (χ1v) is 5.13. The largest absolute Gasteiger partial charge is 0.479 e. The van der Waals surface area contributed by atoms with Gasteiger partial charge in [0.05, 0.1) is 5.69 Å². The Labute approximate surface area is 93.6 Å². The molecule has 1 aliphatic heterocycles. The molecular formula is C11H12ClNO2. The Kier molecular flexibility index (Phi) is 2.35. The monoisotopic (exact) mass is 225 g/mol. The van der Waals surface area contributed by atoms with Gasteiger partial charge in [0.2, 0.25) is 0 Å². The van der Waals surface area contributed by atoms with E-state index < -0.39 is 6.10 Å². The van der Waals surface area contributed by atoms with Crippen molar-refractivity contribution in [3.8, 4) is 5.75 Å². The van der Waals surface area contributed by atoms with E-state index in [1.807, 2.05) is 13.0 Å². The topological polar surface area (TPSA) is 29.5 Å². The zero-order valence-corrected chi connectivity index (χ0v) is 9.63. The molecule has 0 saturated heterocycles. The summed E-state index contributed by atoms with van der Waals surface area (Å²) in [7, 11) is 1.74. The van der Waals surface area contributed by atoms with Gasteiger partial charge in [0.25, 0.3) is 5.91 Å². The van der Waals surface area contributed by atoms with Crippen molar-refractivity contribution < 1.29 is 9.53 Å². The average Bonchev–Trinajstić information content (AvgIpc) is 2.19. The summed E-state index contributed by atoms with van der Waals surface area (Å²) in [5.41, 5.74) is 1.72. The fourth-order valence-corrected chi connectivity index (χ4v) is 1.79. The van der Waals surface area contributed by atoms with E-state index in [0.29, 0.717) is 10.8 Å². The van der Waals surface area contributed by atoms with Crippen LogP contribution in [0.2, 0.25) is 5.02 Å². The molecule has 1 amide bonds. The van der Waals surface area contributed by atoms with E-state index in [9.17, 15) is 4.79 Å². The van der Waals surface area contributed by atoms with Crippen molar-refractivity contribution >= 4 is 23.2 Å². The molecule has 3 nitrogen and oxygen atoms in total. The van der Waals surface area contributed by atoms with Crippen LogP contribution in [-0.4, -0.2) is 19.1 Å². The number of ether oxygens (including phenoxy) is 1. The van der Waals surface area contributed by atoms with E-state index in [0.717, 1.165) is 11.3 Å². The van der Waals surface area contributed by atoms with Gasteiger partial charge in [0.1, 0.15) is 5.75 Å². The van der Waals surface area contributed by atoms with Gasteiger partial charge in [-0.2, -0.15) is 0 Å². The summed E-state index contributed by atoms with van der Waals surface area (Å²) in [6, 6.07) is 3.62. The first kappa shape index (κ1) is 10.3. The molecular weight excluding hydrogens is 214 g/mol. The molecule has 4 heteroatoms. The third kappa shape index (κ3) is 1.57. The van der Waals surface area contributed by atoms with Gasteiger partial charge in [-0.3, -0.25) is 4.79 Å². The average molecular weight is 226 g/mol. The van der Waals surface area contributed by atoms with Crippen LogP contribution >= 0.6 is 11.6 Å². The number of benzene rings is 1. The second kappa shape index (κ2) is 3.42. The molecule has 0 radical (unpaired) electrons. The summed E-state index contributed by atoms with van der Waals surface area (Å²) in [4.78, 5) is 13.3. The Morgan fingerprint density at radius 2 is 2.13 bits per heavy atom. The summed E-state index contributed by atoms with van der Waals surface area (Å²) >= 11 is 5.99. The number of halogens is 1. The number of carbonyl (C=O) groups is 1. The molecule has 1 unspecified atom stereocenters. The number of nitrogens with zero attached hydrogens (tertiary/aromatic N) is 1. The van der Waals surface area contributed by atoms with Crippen LogP contribution in [0.5, 0.6) is 5.75 Å². The maximum Gasteiger partial charge on any atom is 0.267 e. The standard InChI is InChI=1S/C11H12ClNO2/c1-6-4-9-10(5-8(6)12)15-7(2)11(14)13(9)3/h4-5,7H,1-3H3. The molecule has 0 aliphatic carbocycles. The van der Waals surface area contributed by atoms with Gasteiger partial charge in [-0.15, -0.1) is 0 Å². The Morgan fingerprint density at radius 1 is 1.47 bits per heavy atom. The van der Waals surface area contributed by atoms with Crippen LogP contribution in [0.25, 0.3) is 0 Å². The fourth-order valence-electron chi connectivity index (χ4n) is 1.64. The van der Waals surface area contributed by atoms with Crippen molar-refractivity contribution in [3.63, 3.8) is 0 Å². The van der Waals surface area contributed by atoms with Crippen molar-refractivity contribution in [2.75, 3.05) is 11.9 Å². The van der Waals surface area contributed by atoms with Crippen molar-refractivity contribution in [2.45, 2.75) is 20.0 Å². The zero-order chi connectivity index (χ0) is 11.2. The van der Waals surface area contributed by atoms with Gasteiger partial charge >= 0.3 is 0 Å². The Bertz CT molecular complexity index is 431. The minimum Gasteiger partial charge on any atom is -0.479 e. The summed E-state index contributed by atoms with van der Waals surface area (Å²) in [5.74, 6) is 0.629. The van der Waals surface area contributed by atoms with Gasteiger partial charge in [-0.25, -0.2) is 0 Å². The van der Waals surface area contributed by atoms with Gasteiger partial charge in [-0.05, 0) is 25.5 Å². The number of fused-ring (bicyclic) bond motifs is 1. The second-order valence-electron chi connectivity index (χ2n) is 3.73. The van der Waals surface area contributed by atoms with Gasteiger partial charge < -0.3 is 9.64 Å². The molecule has 1 atom stereocenters. The number of rotatable bonds is 0. The minimum atomic E-state index is -0.443. The normalized spacial score (nSPS) is 19.9. The molecule has 0 fully saturated rings. The van der Waals surface area contributed by atoms with Crippen molar-refractivity contribution in [1.29, 1.82) is 0 Å². The number of likely N-dealkylation sites (N-methyl/N-ethyl adjacent to an activating group) is 1. The van der Waals surface area contributed by atoms with Crippen LogP contribution < -0.4 is 9.64 Å². The second-order valence-corrected chi connectivity index (χ2v) is 4.13. The van der Waals surface area contributed by atoms with Gasteiger partial charge in [0.15, 0.2) is 6.10 Å². The smallest absolute Gasteiger partial charge is 0.267 e. The van der Waals surface area contributed by atoms with E-state index in [2.05, 4.69) is 0 Å². The summed E-state index contributed by atoms with van der Waals surface area (Å²) in [6.45, 7) is 3.63. The van der Waals surface area contributed by atoms with Gasteiger partial charge in [-0.1, -0.05) is 11.6 Å². The lowest BCUT2D eigenvalue weighted by atomic mass is 10.1. The Balaban J connectivity index is 2.56. The highest BCUT2D eigenvalue weighted by Crippen LogP contribution is 2.37. The van der Waals surface area contributed by atoms with Gasteiger partial charge in [0, 0.05) is 18.1 Å². The Hall–Kier alpha value is -1.22. The van der Waals surface area contributed by atoms with Crippen LogP contribution in [-0.2, 0) is 4.79 Å². The van der Waals surface area contributed by atoms with Crippen LogP contribution in [0.15, 0.2) is 12.1 Å². The molecule has 80 valence electrons. The van der Waals surface area contributed by atoms with E-state index >= 15 is 0 Å². The lowest BCUT2D eigenvalue weighted by Gasteiger charge is -2.30. The highest BCUT2D eigenvalue weighted by Gasteiger charge is 2.29. The summed E-state index contributed by atoms with van der Waals surface area (Å²) in [5, 5.41) is 0.656. The molecule has 0 N–H and O–H groups in total. The van der Waals surface area contributed by atoms with E-state index in [1.54, 1.807) is 24.9 Å². The number of aryl methyl sites for hydroxylation is 1.